The molecule has 94 valence electrons. The normalized spacial score (nSPS) is 10.6. The zero-order chi connectivity index (χ0) is 13.1. The van der Waals surface area contributed by atoms with Crippen LogP contribution in [0.3, 0.4) is 0 Å². The third-order valence-corrected chi connectivity index (χ3v) is 4.35. The number of nitrogens with two attached hydrogens (primary N) is 1. The van der Waals surface area contributed by atoms with Crippen LogP contribution in [-0.4, -0.2) is 0 Å². The minimum absolute atomic E-state index is 0.321. The Kier molecular flexibility index (Phi) is 4.54. The van der Waals surface area contributed by atoms with Gasteiger partial charge in [-0.3, -0.25) is 0 Å². The van der Waals surface area contributed by atoms with E-state index in [0.717, 1.165) is 14.9 Å². The summed E-state index contributed by atoms with van der Waals surface area (Å²) in [5.74, 6) is 0.376. The van der Waals surface area contributed by atoms with Gasteiger partial charge in [-0.1, -0.05) is 33.6 Å². The van der Waals surface area contributed by atoms with Crippen molar-refractivity contribution in [1.82, 2.24) is 0 Å². The average Bonchev–Trinajstić information content (AvgIpc) is 2.30. The molecule has 0 saturated carbocycles. The highest BCUT2D eigenvalue weighted by Gasteiger charge is 2.05. The van der Waals surface area contributed by atoms with Crippen LogP contribution in [0, 0.1) is 5.82 Å². The summed E-state index contributed by atoms with van der Waals surface area (Å²) in [5.41, 5.74) is 7.22. The number of anilines is 1. The molecule has 2 N–H and O–H groups in total. The summed E-state index contributed by atoms with van der Waals surface area (Å²) in [6.45, 7) is 0. The molecule has 2 rings (SSSR count). The van der Waals surface area contributed by atoms with Gasteiger partial charge in [0.15, 0.2) is 0 Å². The molecule has 0 bridgehead atoms. The van der Waals surface area contributed by atoms with E-state index in [9.17, 15) is 4.39 Å². The first-order valence-corrected chi connectivity index (χ1v) is 7.33. The minimum atomic E-state index is -0.321. The van der Waals surface area contributed by atoms with Gasteiger partial charge >= 0.3 is 0 Å². The maximum Gasteiger partial charge on any atom is 0.125 e. The number of benzene rings is 2. The lowest BCUT2D eigenvalue weighted by atomic mass is 10.2. The molecule has 0 aliphatic carbocycles. The largest absolute Gasteiger partial charge is 0.398 e. The molecule has 18 heavy (non-hydrogen) atoms. The van der Waals surface area contributed by atoms with E-state index in [0.29, 0.717) is 16.5 Å². The number of rotatable bonds is 3. The molecule has 0 heterocycles. The smallest absolute Gasteiger partial charge is 0.125 e. The summed E-state index contributed by atoms with van der Waals surface area (Å²) in [5, 5.41) is 0.706. The van der Waals surface area contributed by atoms with Crippen LogP contribution >= 0.6 is 39.3 Å². The second-order valence-electron chi connectivity index (χ2n) is 3.71. The lowest BCUT2D eigenvalue weighted by molar-refractivity contribution is 0.627. The molecular weight excluding hydrogens is 337 g/mol. The van der Waals surface area contributed by atoms with Gasteiger partial charge in [0.2, 0.25) is 0 Å². The van der Waals surface area contributed by atoms with Crippen molar-refractivity contribution in [2.75, 3.05) is 5.73 Å². The first-order chi connectivity index (χ1) is 8.56. The monoisotopic (exact) mass is 345 g/mol. The van der Waals surface area contributed by atoms with Gasteiger partial charge in [0.25, 0.3) is 0 Å². The van der Waals surface area contributed by atoms with Crippen LogP contribution in [0.1, 0.15) is 5.56 Å². The van der Waals surface area contributed by atoms with E-state index in [2.05, 4.69) is 15.9 Å². The lowest BCUT2D eigenvalue weighted by Crippen LogP contribution is -1.90. The van der Waals surface area contributed by atoms with Crippen LogP contribution in [0.15, 0.2) is 45.8 Å². The molecule has 0 aromatic heterocycles. The predicted octanol–water partition coefficient (Wildman–Crippen LogP) is 5.12. The van der Waals surface area contributed by atoms with Crippen LogP contribution in [0.25, 0.3) is 0 Å². The molecule has 5 heteroatoms. The van der Waals surface area contributed by atoms with Gasteiger partial charge in [-0.05, 0) is 35.9 Å². The van der Waals surface area contributed by atoms with Crippen molar-refractivity contribution < 1.29 is 4.39 Å². The van der Waals surface area contributed by atoms with E-state index in [-0.39, 0.29) is 5.82 Å². The van der Waals surface area contributed by atoms with Gasteiger partial charge in [-0.15, -0.1) is 11.8 Å². The Morgan fingerprint density at radius 3 is 2.67 bits per heavy atom. The fourth-order valence-electron chi connectivity index (χ4n) is 1.45. The molecule has 0 radical (unpaired) electrons. The Morgan fingerprint density at radius 2 is 2.00 bits per heavy atom. The molecule has 0 atom stereocenters. The van der Waals surface area contributed by atoms with Crippen molar-refractivity contribution in [3.8, 4) is 0 Å². The van der Waals surface area contributed by atoms with Crippen LogP contribution in [-0.2, 0) is 5.75 Å². The zero-order valence-corrected chi connectivity index (χ0v) is 12.4. The van der Waals surface area contributed by atoms with Crippen LogP contribution in [0.5, 0.6) is 0 Å². The van der Waals surface area contributed by atoms with Crippen molar-refractivity contribution in [3.63, 3.8) is 0 Å². The average molecular weight is 347 g/mol. The minimum Gasteiger partial charge on any atom is -0.398 e. The molecule has 2 aromatic rings. The van der Waals surface area contributed by atoms with Crippen molar-refractivity contribution in [1.29, 1.82) is 0 Å². The highest BCUT2D eigenvalue weighted by Crippen LogP contribution is 2.31. The van der Waals surface area contributed by atoms with Gasteiger partial charge in [0.1, 0.15) is 5.82 Å². The Balaban J connectivity index is 2.11. The Hall–Kier alpha value is -0.710. The fourth-order valence-corrected chi connectivity index (χ4v) is 3.22. The Labute approximate surface area is 123 Å². The zero-order valence-electron chi connectivity index (χ0n) is 9.29. The highest BCUT2D eigenvalue weighted by atomic mass is 79.9. The highest BCUT2D eigenvalue weighted by molar-refractivity contribution is 9.10. The van der Waals surface area contributed by atoms with E-state index in [1.165, 1.54) is 23.9 Å². The molecule has 0 aliphatic heterocycles. The molecule has 2 aromatic carbocycles. The molecule has 0 unspecified atom stereocenters. The van der Waals surface area contributed by atoms with Crippen LogP contribution < -0.4 is 5.73 Å². The fraction of sp³-hybridized carbons (Fsp3) is 0.0769. The summed E-state index contributed by atoms with van der Waals surface area (Å²) >= 11 is 11.0. The molecule has 0 saturated heterocycles. The van der Waals surface area contributed by atoms with Gasteiger partial charge in [0.05, 0.1) is 0 Å². The predicted molar refractivity (Wildman–Crippen MR) is 79.5 cm³/mol. The second kappa shape index (κ2) is 5.95. The Morgan fingerprint density at radius 1 is 1.22 bits per heavy atom. The first kappa shape index (κ1) is 13.7. The number of halogens is 3. The lowest BCUT2D eigenvalue weighted by Gasteiger charge is -2.07. The Bertz CT molecular complexity index is 525. The molecule has 0 aliphatic rings. The van der Waals surface area contributed by atoms with E-state index < -0.39 is 0 Å². The van der Waals surface area contributed by atoms with Gasteiger partial charge in [0, 0.05) is 25.8 Å². The quantitative estimate of drug-likeness (QED) is 0.617. The molecule has 0 fully saturated rings. The second-order valence-corrected chi connectivity index (χ2v) is 6.05. The van der Waals surface area contributed by atoms with Crippen molar-refractivity contribution in [3.05, 3.63) is 57.3 Å². The molecule has 0 amide bonds. The first-order valence-electron chi connectivity index (χ1n) is 5.18. The molecule has 0 spiro atoms. The van der Waals surface area contributed by atoms with Crippen molar-refractivity contribution >= 4 is 45.0 Å². The maximum absolute atomic E-state index is 12.9. The van der Waals surface area contributed by atoms with E-state index in [4.69, 9.17) is 17.3 Å². The number of thioether (sulfide) groups is 1. The van der Waals surface area contributed by atoms with E-state index in [1.807, 2.05) is 18.2 Å². The molecular formula is C13H10BrClFNS. The summed E-state index contributed by atoms with van der Waals surface area (Å²) in [6, 6.07) is 10.2. The number of hydrogen-bond donors (Lipinski definition) is 1. The third-order valence-electron chi connectivity index (χ3n) is 2.37. The van der Waals surface area contributed by atoms with Crippen molar-refractivity contribution in [2.45, 2.75) is 10.6 Å². The summed E-state index contributed by atoms with van der Waals surface area (Å²) in [6.07, 6.45) is 0. The topological polar surface area (TPSA) is 26.0 Å². The third kappa shape index (κ3) is 3.40. The van der Waals surface area contributed by atoms with E-state index in [1.54, 1.807) is 6.07 Å². The summed E-state index contributed by atoms with van der Waals surface area (Å²) < 4.78 is 13.9. The van der Waals surface area contributed by atoms with Crippen LogP contribution in [0.4, 0.5) is 10.1 Å². The van der Waals surface area contributed by atoms with Gasteiger partial charge in [-0.2, -0.15) is 0 Å². The number of nitrogen functional groups attached to an aromatic ring is 1. The molecule has 1 nitrogen and oxygen atoms in total. The SMILES string of the molecule is Nc1cc(F)ccc1SCc1ccc(Br)cc1Cl. The maximum atomic E-state index is 12.9. The van der Waals surface area contributed by atoms with Gasteiger partial charge in [-0.25, -0.2) is 4.39 Å². The van der Waals surface area contributed by atoms with Gasteiger partial charge < -0.3 is 5.73 Å². The van der Waals surface area contributed by atoms with Crippen LogP contribution in [0.2, 0.25) is 5.02 Å². The summed E-state index contributed by atoms with van der Waals surface area (Å²) in [4.78, 5) is 0.857. The van der Waals surface area contributed by atoms with E-state index >= 15 is 0 Å². The number of hydrogen-bond acceptors (Lipinski definition) is 2. The summed E-state index contributed by atoms with van der Waals surface area (Å²) in [7, 11) is 0. The standard InChI is InChI=1S/C13H10BrClFNS/c14-9-2-1-8(11(15)5-9)7-18-13-4-3-10(16)6-12(13)17/h1-6H,7,17H2. The van der Waals surface area contributed by atoms with Crippen molar-refractivity contribution in [2.24, 2.45) is 0 Å².